The fourth-order valence-corrected chi connectivity index (χ4v) is 3.36. The molecule has 1 fully saturated rings. The Morgan fingerprint density at radius 2 is 1.86 bits per heavy atom. The molecule has 2 atom stereocenters. The van der Waals surface area contributed by atoms with Crippen molar-refractivity contribution in [1.82, 2.24) is 9.80 Å². The predicted molar refractivity (Wildman–Crippen MR) is 87.0 cm³/mol. The van der Waals surface area contributed by atoms with Gasteiger partial charge < -0.3 is 4.90 Å². The number of carbonyl (C=O) groups is 1. The third kappa shape index (κ3) is 4.57. The number of benzene rings is 1. The summed E-state index contributed by atoms with van der Waals surface area (Å²) in [4.78, 5) is 16.6. The van der Waals surface area contributed by atoms with E-state index in [0.29, 0.717) is 24.9 Å². The predicted octanol–water partition coefficient (Wildman–Crippen LogP) is 2.93. The molecule has 1 aliphatic rings. The van der Waals surface area contributed by atoms with Crippen LogP contribution in [0, 0.1) is 18.8 Å². The van der Waals surface area contributed by atoms with Crippen molar-refractivity contribution < 1.29 is 4.79 Å². The Bertz CT molecular complexity index is 476. The molecule has 1 heterocycles. The highest BCUT2D eigenvalue weighted by atomic mass is 16.2. The number of hydrogen-bond acceptors (Lipinski definition) is 2. The maximum absolute atomic E-state index is 12.4. The van der Waals surface area contributed by atoms with E-state index in [9.17, 15) is 4.79 Å². The Morgan fingerprint density at radius 1 is 1.24 bits per heavy atom. The van der Waals surface area contributed by atoms with Crippen LogP contribution in [-0.4, -0.2) is 42.4 Å². The second-order valence-electron chi connectivity index (χ2n) is 6.82. The highest BCUT2D eigenvalue weighted by Gasteiger charge is 2.24. The van der Waals surface area contributed by atoms with Crippen LogP contribution in [0.3, 0.4) is 0 Å². The van der Waals surface area contributed by atoms with Gasteiger partial charge in [0.15, 0.2) is 0 Å². The van der Waals surface area contributed by atoms with E-state index < -0.39 is 0 Å². The fraction of sp³-hybridized carbons (Fsp3) is 0.611. The van der Waals surface area contributed by atoms with Crippen LogP contribution in [0.5, 0.6) is 0 Å². The molecule has 3 nitrogen and oxygen atoms in total. The van der Waals surface area contributed by atoms with E-state index in [4.69, 9.17) is 0 Å². The Morgan fingerprint density at radius 3 is 2.48 bits per heavy atom. The van der Waals surface area contributed by atoms with Crippen LogP contribution in [0.15, 0.2) is 24.3 Å². The van der Waals surface area contributed by atoms with Gasteiger partial charge >= 0.3 is 0 Å². The van der Waals surface area contributed by atoms with Gasteiger partial charge in [0, 0.05) is 26.7 Å². The zero-order valence-corrected chi connectivity index (χ0v) is 13.8. The van der Waals surface area contributed by atoms with Crippen LogP contribution < -0.4 is 0 Å². The van der Waals surface area contributed by atoms with Gasteiger partial charge in [0.1, 0.15) is 0 Å². The van der Waals surface area contributed by atoms with E-state index in [1.54, 1.807) is 0 Å². The molecule has 21 heavy (non-hydrogen) atoms. The standard InChI is InChI=1S/C18H28N2O/c1-14-9-15(2)11-20(10-14)13-18(21)19(4)12-17-8-6-5-7-16(17)3/h5-8,14-15H,9-13H2,1-4H3. The molecule has 0 aromatic heterocycles. The van der Waals surface area contributed by atoms with Gasteiger partial charge in [0.2, 0.25) is 5.91 Å². The molecule has 0 saturated carbocycles. The number of aryl methyl sites for hydroxylation is 1. The van der Waals surface area contributed by atoms with E-state index in [0.717, 1.165) is 13.1 Å². The maximum Gasteiger partial charge on any atom is 0.236 e. The first kappa shape index (κ1) is 16.0. The van der Waals surface area contributed by atoms with E-state index >= 15 is 0 Å². The number of rotatable bonds is 4. The van der Waals surface area contributed by atoms with Crippen molar-refractivity contribution in [3.8, 4) is 0 Å². The Kier molecular flexibility index (Phi) is 5.40. The lowest BCUT2D eigenvalue weighted by atomic mass is 9.92. The van der Waals surface area contributed by atoms with Crippen LogP contribution >= 0.6 is 0 Å². The lowest BCUT2D eigenvalue weighted by Gasteiger charge is -2.35. The second-order valence-corrected chi connectivity index (χ2v) is 6.82. The minimum atomic E-state index is 0.222. The average molecular weight is 288 g/mol. The summed E-state index contributed by atoms with van der Waals surface area (Å²) < 4.78 is 0. The molecule has 1 aromatic carbocycles. The SMILES string of the molecule is Cc1ccccc1CN(C)C(=O)CN1CC(C)CC(C)C1. The van der Waals surface area contributed by atoms with Gasteiger partial charge in [-0.15, -0.1) is 0 Å². The van der Waals surface area contributed by atoms with Crippen LogP contribution in [0.25, 0.3) is 0 Å². The molecular weight excluding hydrogens is 260 g/mol. The van der Waals surface area contributed by atoms with Crippen molar-refractivity contribution in [2.45, 2.75) is 33.7 Å². The first-order valence-electron chi connectivity index (χ1n) is 7.96. The fourth-order valence-electron chi connectivity index (χ4n) is 3.36. The van der Waals surface area contributed by atoms with Crippen LogP contribution in [0.1, 0.15) is 31.4 Å². The van der Waals surface area contributed by atoms with Gasteiger partial charge in [-0.1, -0.05) is 38.1 Å². The van der Waals surface area contributed by atoms with Gasteiger partial charge in [0.25, 0.3) is 0 Å². The summed E-state index contributed by atoms with van der Waals surface area (Å²) in [6, 6.07) is 8.28. The third-order valence-corrected chi connectivity index (χ3v) is 4.40. The summed E-state index contributed by atoms with van der Waals surface area (Å²) in [5.41, 5.74) is 2.48. The van der Waals surface area contributed by atoms with Gasteiger partial charge in [-0.2, -0.15) is 0 Å². The van der Waals surface area contributed by atoms with Crippen molar-refractivity contribution in [3.63, 3.8) is 0 Å². The van der Waals surface area contributed by atoms with Gasteiger partial charge in [-0.25, -0.2) is 0 Å². The Balaban J connectivity index is 1.89. The number of likely N-dealkylation sites (N-methyl/N-ethyl adjacent to an activating group) is 1. The normalized spacial score (nSPS) is 23.0. The summed E-state index contributed by atoms with van der Waals surface area (Å²) in [6.45, 7) is 10.0. The molecule has 0 N–H and O–H groups in total. The lowest BCUT2D eigenvalue weighted by Crippen LogP contribution is -2.44. The molecule has 1 aliphatic heterocycles. The van der Waals surface area contributed by atoms with E-state index in [1.165, 1.54) is 17.5 Å². The smallest absolute Gasteiger partial charge is 0.236 e. The van der Waals surface area contributed by atoms with Gasteiger partial charge in [-0.3, -0.25) is 9.69 Å². The van der Waals surface area contributed by atoms with Crippen molar-refractivity contribution in [1.29, 1.82) is 0 Å². The van der Waals surface area contributed by atoms with Crippen molar-refractivity contribution in [2.75, 3.05) is 26.7 Å². The third-order valence-electron chi connectivity index (χ3n) is 4.40. The molecular formula is C18H28N2O. The van der Waals surface area contributed by atoms with Crippen LogP contribution in [0.4, 0.5) is 0 Å². The number of carbonyl (C=O) groups excluding carboxylic acids is 1. The highest BCUT2D eigenvalue weighted by molar-refractivity contribution is 5.78. The molecule has 2 unspecified atom stereocenters. The summed E-state index contributed by atoms with van der Waals surface area (Å²) in [6.07, 6.45) is 1.28. The highest BCUT2D eigenvalue weighted by Crippen LogP contribution is 2.20. The molecule has 1 amide bonds. The Labute approximate surface area is 128 Å². The Hall–Kier alpha value is -1.35. The molecule has 0 radical (unpaired) electrons. The molecule has 0 aliphatic carbocycles. The molecule has 1 saturated heterocycles. The number of amides is 1. The van der Waals surface area contributed by atoms with E-state index in [-0.39, 0.29) is 5.91 Å². The minimum Gasteiger partial charge on any atom is -0.340 e. The molecule has 2 rings (SSSR count). The van der Waals surface area contributed by atoms with Crippen molar-refractivity contribution in [2.24, 2.45) is 11.8 Å². The summed E-state index contributed by atoms with van der Waals surface area (Å²) in [7, 11) is 1.91. The van der Waals surface area contributed by atoms with Crippen molar-refractivity contribution >= 4 is 5.91 Å². The molecule has 116 valence electrons. The minimum absolute atomic E-state index is 0.222. The summed E-state index contributed by atoms with van der Waals surface area (Å²) >= 11 is 0. The van der Waals surface area contributed by atoms with Gasteiger partial charge in [-0.05, 0) is 36.3 Å². The van der Waals surface area contributed by atoms with Crippen molar-refractivity contribution in [3.05, 3.63) is 35.4 Å². The first-order chi connectivity index (χ1) is 9.95. The number of hydrogen-bond donors (Lipinski definition) is 0. The number of piperidine rings is 1. The second kappa shape index (κ2) is 7.08. The molecule has 3 heteroatoms. The van der Waals surface area contributed by atoms with Crippen LogP contribution in [-0.2, 0) is 11.3 Å². The average Bonchev–Trinajstić information content (AvgIpc) is 2.40. The van der Waals surface area contributed by atoms with Crippen LogP contribution in [0.2, 0.25) is 0 Å². The monoisotopic (exact) mass is 288 g/mol. The van der Waals surface area contributed by atoms with E-state index in [2.05, 4.69) is 37.8 Å². The molecule has 1 aromatic rings. The lowest BCUT2D eigenvalue weighted by molar-refractivity contribution is -0.132. The summed E-state index contributed by atoms with van der Waals surface area (Å²) in [5.74, 6) is 1.62. The van der Waals surface area contributed by atoms with E-state index in [1.807, 2.05) is 24.1 Å². The number of likely N-dealkylation sites (tertiary alicyclic amines) is 1. The topological polar surface area (TPSA) is 23.6 Å². The quantitative estimate of drug-likeness (QED) is 0.850. The maximum atomic E-state index is 12.4. The largest absolute Gasteiger partial charge is 0.340 e. The summed E-state index contributed by atoms with van der Waals surface area (Å²) in [5, 5.41) is 0. The first-order valence-corrected chi connectivity index (χ1v) is 7.96. The number of nitrogens with zero attached hydrogens (tertiary/aromatic N) is 2. The zero-order valence-electron chi connectivity index (χ0n) is 13.8. The molecule has 0 spiro atoms. The molecule has 0 bridgehead atoms. The zero-order chi connectivity index (χ0) is 15.4. The van der Waals surface area contributed by atoms with Gasteiger partial charge in [0.05, 0.1) is 6.54 Å².